The van der Waals surface area contributed by atoms with Crippen LogP contribution in [0.1, 0.15) is 12.5 Å². The summed E-state index contributed by atoms with van der Waals surface area (Å²) in [6.45, 7) is 2.72. The number of hydrogen-bond acceptors (Lipinski definition) is 4. The van der Waals surface area contributed by atoms with Crippen LogP contribution in [0.2, 0.25) is 0 Å². The van der Waals surface area contributed by atoms with E-state index in [1.807, 2.05) is 18.0 Å². The van der Waals surface area contributed by atoms with Gasteiger partial charge in [0.25, 0.3) is 0 Å². The second kappa shape index (κ2) is 5.77. The molecule has 1 atom stereocenters. The molecule has 5 heteroatoms. The van der Waals surface area contributed by atoms with E-state index in [0.29, 0.717) is 11.6 Å². The highest BCUT2D eigenvalue weighted by Crippen LogP contribution is 2.13. The van der Waals surface area contributed by atoms with Crippen molar-refractivity contribution in [3.63, 3.8) is 0 Å². The molecule has 16 heavy (non-hydrogen) atoms. The summed E-state index contributed by atoms with van der Waals surface area (Å²) in [5.74, 6) is 0.842. The summed E-state index contributed by atoms with van der Waals surface area (Å²) in [6, 6.07) is 3.94. The van der Waals surface area contributed by atoms with Crippen molar-refractivity contribution in [2.24, 2.45) is 5.73 Å². The third-order valence-corrected chi connectivity index (χ3v) is 2.70. The van der Waals surface area contributed by atoms with Gasteiger partial charge in [-0.3, -0.25) is 0 Å². The predicted octanol–water partition coefficient (Wildman–Crippen LogP) is 1.19. The first kappa shape index (κ1) is 12.9. The highest BCUT2D eigenvalue weighted by atomic mass is 32.1. The second-order valence-electron chi connectivity index (χ2n) is 3.68. The Labute approximate surface area is 101 Å². The highest BCUT2D eigenvalue weighted by molar-refractivity contribution is 7.80. The van der Waals surface area contributed by atoms with Gasteiger partial charge in [0.1, 0.15) is 10.8 Å². The Hall–Kier alpha value is -1.20. The Balaban J connectivity index is 2.86. The molecule has 0 saturated heterocycles. The smallest absolute Gasteiger partial charge is 0.129 e. The number of likely N-dealkylation sites (N-methyl/N-ethyl adjacent to an activating group) is 1. The van der Waals surface area contributed by atoms with E-state index in [2.05, 4.69) is 11.9 Å². The Morgan fingerprint density at radius 1 is 1.69 bits per heavy atom. The maximum atomic E-state index is 5.58. The second-order valence-corrected chi connectivity index (χ2v) is 4.12. The minimum atomic E-state index is 0.249. The summed E-state index contributed by atoms with van der Waals surface area (Å²) in [6.07, 6.45) is 1.71. The van der Waals surface area contributed by atoms with Crippen LogP contribution in [0.3, 0.4) is 0 Å². The minimum Gasteiger partial charge on any atom is -0.389 e. The molecule has 1 aromatic rings. The summed E-state index contributed by atoms with van der Waals surface area (Å²) in [5, 5.41) is 0. The maximum Gasteiger partial charge on any atom is 0.129 e. The zero-order chi connectivity index (χ0) is 12.1. The monoisotopic (exact) mass is 239 g/mol. The van der Waals surface area contributed by atoms with Gasteiger partial charge in [-0.1, -0.05) is 12.2 Å². The standard InChI is InChI=1S/C11H17N3OS/c1-8(7-15-3)14(2)10-6-9(11(12)16)4-5-13-10/h4-6,8H,7H2,1-3H3,(H2,12,16). The summed E-state index contributed by atoms with van der Waals surface area (Å²) in [5.41, 5.74) is 6.41. The van der Waals surface area contributed by atoms with Gasteiger partial charge in [0, 0.05) is 25.9 Å². The number of nitrogens with zero attached hydrogens (tertiary/aromatic N) is 2. The van der Waals surface area contributed by atoms with Crippen LogP contribution in [0.15, 0.2) is 18.3 Å². The molecule has 0 saturated carbocycles. The lowest BCUT2D eigenvalue weighted by molar-refractivity contribution is 0.183. The lowest BCUT2D eigenvalue weighted by atomic mass is 10.2. The molecule has 0 fully saturated rings. The number of aromatic nitrogens is 1. The zero-order valence-corrected chi connectivity index (χ0v) is 10.6. The van der Waals surface area contributed by atoms with Gasteiger partial charge in [0.15, 0.2) is 0 Å². The van der Waals surface area contributed by atoms with Crippen molar-refractivity contribution < 1.29 is 4.74 Å². The minimum absolute atomic E-state index is 0.249. The number of ether oxygens (including phenoxy) is 1. The molecule has 0 aliphatic carbocycles. The molecule has 1 rings (SSSR count). The molecule has 0 aliphatic heterocycles. The largest absolute Gasteiger partial charge is 0.389 e. The molecule has 0 spiro atoms. The van der Waals surface area contributed by atoms with E-state index in [-0.39, 0.29) is 6.04 Å². The third-order valence-electron chi connectivity index (χ3n) is 2.46. The number of rotatable bonds is 5. The Morgan fingerprint density at radius 3 is 2.94 bits per heavy atom. The summed E-state index contributed by atoms with van der Waals surface area (Å²) in [7, 11) is 3.65. The lowest BCUT2D eigenvalue weighted by Gasteiger charge is -2.25. The van der Waals surface area contributed by atoms with Crippen LogP contribution in [-0.2, 0) is 4.74 Å². The maximum absolute atomic E-state index is 5.58. The van der Waals surface area contributed by atoms with Crippen molar-refractivity contribution in [3.05, 3.63) is 23.9 Å². The van der Waals surface area contributed by atoms with Gasteiger partial charge in [0.05, 0.1) is 12.6 Å². The molecule has 0 radical (unpaired) electrons. The number of thiocarbonyl (C=S) groups is 1. The predicted molar refractivity (Wildman–Crippen MR) is 69.9 cm³/mol. The molecule has 88 valence electrons. The van der Waals surface area contributed by atoms with Crippen molar-refractivity contribution in [3.8, 4) is 0 Å². The molecule has 1 unspecified atom stereocenters. The van der Waals surface area contributed by atoms with Crippen LogP contribution in [0, 0.1) is 0 Å². The lowest BCUT2D eigenvalue weighted by Crippen LogP contribution is -2.33. The fourth-order valence-corrected chi connectivity index (χ4v) is 1.47. The highest BCUT2D eigenvalue weighted by Gasteiger charge is 2.11. The van der Waals surface area contributed by atoms with Gasteiger partial charge < -0.3 is 15.4 Å². The zero-order valence-electron chi connectivity index (χ0n) is 9.80. The van der Waals surface area contributed by atoms with Crippen LogP contribution < -0.4 is 10.6 Å². The number of methoxy groups -OCH3 is 1. The normalized spacial score (nSPS) is 12.2. The van der Waals surface area contributed by atoms with E-state index in [1.165, 1.54) is 0 Å². The molecular formula is C11H17N3OS. The van der Waals surface area contributed by atoms with Gasteiger partial charge in [0.2, 0.25) is 0 Å². The fraction of sp³-hybridized carbons (Fsp3) is 0.455. The number of pyridine rings is 1. The number of hydrogen-bond donors (Lipinski definition) is 1. The van der Waals surface area contributed by atoms with Crippen LogP contribution in [0.5, 0.6) is 0 Å². The van der Waals surface area contributed by atoms with Crippen LogP contribution >= 0.6 is 12.2 Å². The van der Waals surface area contributed by atoms with Crippen LogP contribution in [0.25, 0.3) is 0 Å². The van der Waals surface area contributed by atoms with E-state index in [9.17, 15) is 0 Å². The van der Waals surface area contributed by atoms with E-state index in [0.717, 1.165) is 11.4 Å². The van der Waals surface area contributed by atoms with E-state index in [4.69, 9.17) is 22.7 Å². The quantitative estimate of drug-likeness (QED) is 0.782. The van der Waals surface area contributed by atoms with Gasteiger partial charge in [-0.05, 0) is 19.1 Å². The first-order chi connectivity index (χ1) is 7.56. The average molecular weight is 239 g/mol. The molecule has 2 N–H and O–H groups in total. The number of anilines is 1. The van der Waals surface area contributed by atoms with Gasteiger partial charge >= 0.3 is 0 Å². The Bertz CT molecular complexity index is 370. The van der Waals surface area contributed by atoms with Gasteiger partial charge in [-0.25, -0.2) is 4.98 Å². The SMILES string of the molecule is COCC(C)N(C)c1cc(C(N)=S)ccn1. The van der Waals surface area contributed by atoms with E-state index in [1.54, 1.807) is 19.4 Å². The first-order valence-electron chi connectivity index (χ1n) is 5.04. The van der Waals surface area contributed by atoms with Crippen molar-refractivity contribution in [2.75, 3.05) is 25.7 Å². The Morgan fingerprint density at radius 2 is 2.38 bits per heavy atom. The third kappa shape index (κ3) is 3.15. The van der Waals surface area contributed by atoms with Crippen molar-refractivity contribution in [2.45, 2.75) is 13.0 Å². The van der Waals surface area contributed by atoms with E-state index >= 15 is 0 Å². The van der Waals surface area contributed by atoms with Crippen molar-refractivity contribution in [1.82, 2.24) is 4.98 Å². The summed E-state index contributed by atoms with van der Waals surface area (Å²) < 4.78 is 5.10. The van der Waals surface area contributed by atoms with Crippen LogP contribution in [-0.4, -0.2) is 36.8 Å². The first-order valence-corrected chi connectivity index (χ1v) is 5.44. The van der Waals surface area contributed by atoms with E-state index < -0.39 is 0 Å². The molecule has 4 nitrogen and oxygen atoms in total. The topological polar surface area (TPSA) is 51.4 Å². The molecular weight excluding hydrogens is 222 g/mol. The molecule has 0 bridgehead atoms. The van der Waals surface area contributed by atoms with Crippen LogP contribution in [0.4, 0.5) is 5.82 Å². The fourth-order valence-electron chi connectivity index (χ4n) is 1.34. The van der Waals surface area contributed by atoms with Crippen molar-refractivity contribution >= 4 is 23.0 Å². The molecule has 1 heterocycles. The van der Waals surface area contributed by atoms with Gasteiger partial charge in [-0.15, -0.1) is 0 Å². The Kier molecular flexibility index (Phi) is 4.64. The molecule has 1 aromatic heterocycles. The average Bonchev–Trinajstić information content (AvgIpc) is 2.28. The van der Waals surface area contributed by atoms with Gasteiger partial charge in [-0.2, -0.15) is 0 Å². The number of nitrogens with two attached hydrogens (primary N) is 1. The summed E-state index contributed by atoms with van der Waals surface area (Å²) >= 11 is 4.93. The molecule has 0 aromatic carbocycles. The summed E-state index contributed by atoms with van der Waals surface area (Å²) in [4.78, 5) is 6.70. The molecule has 0 amide bonds. The van der Waals surface area contributed by atoms with Crippen molar-refractivity contribution in [1.29, 1.82) is 0 Å². The molecule has 0 aliphatic rings.